The average molecular weight is 183 g/mol. The molecule has 1 rings (SSSR count). The Morgan fingerprint density at radius 1 is 1.08 bits per heavy atom. The Balaban J connectivity index is 0. The van der Waals surface area contributed by atoms with Crippen LogP contribution in [0.15, 0.2) is 6.20 Å². The van der Waals surface area contributed by atoms with E-state index in [0.717, 1.165) is 6.42 Å². The zero-order chi connectivity index (χ0) is 10.9. The molecule has 0 aliphatic rings. The molecular weight excluding hydrogens is 158 g/mol. The van der Waals surface area contributed by atoms with Gasteiger partial charge in [-0.05, 0) is 31.4 Å². The fourth-order valence-corrected chi connectivity index (χ4v) is 1.23. The summed E-state index contributed by atoms with van der Waals surface area (Å²) in [5, 5.41) is 0. The summed E-state index contributed by atoms with van der Waals surface area (Å²) in [6, 6.07) is 0. The van der Waals surface area contributed by atoms with Crippen molar-refractivity contribution in [2.45, 2.75) is 54.9 Å². The number of rotatable bonds is 1. The molecule has 1 N–H and O–H groups in total. The molecule has 0 bridgehead atoms. The maximum atomic E-state index is 3.19. The van der Waals surface area contributed by atoms with Gasteiger partial charge in [0.25, 0.3) is 0 Å². The summed E-state index contributed by atoms with van der Waals surface area (Å²) in [5.74, 6) is 0. The van der Waals surface area contributed by atoms with Crippen LogP contribution in [0.1, 0.15) is 51.4 Å². The Labute approximate surface area is 83.6 Å². The summed E-state index contributed by atoms with van der Waals surface area (Å²) in [4.78, 5) is 3.19. The van der Waals surface area contributed by atoms with Gasteiger partial charge in [-0.1, -0.05) is 34.6 Å². The molecule has 0 fully saturated rings. The van der Waals surface area contributed by atoms with Gasteiger partial charge < -0.3 is 4.98 Å². The molecule has 1 heterocycles. The molecule has 0 aliphatic heterocycles. The van der Waals surface area contributed by atoms with E-state index in [2.05, 4.69) is 32.0 Å². The lowest BCUT2D eigenvalue weighted by Crippen LogP contribution is -1.82. The second kappa shape index (κ2) is 9.37. The third kappa shape index (κ3) is 4.76. The number of aromatic nitrogens is 1. The highest BCUT2D eigenvalue weighted by molar-refractivity contribution is 5.28. The zero-order valence-corrected chi connectivity index (χ0v) is 10.3. The van der Waals surface area contributed by atoms with Crippen molar-refractivity contribution in [3.8, 4) is 0 Å². The second-order valence-electron chi connectivity index (χ2n) is 2.43. The first-order chi connectivity index (χ1) is 6.25. The Bertz CT molecular complexity index is 179. The van der Waals surface area contributed by atoms with Gasteiger partial charge in [0.1, 0.15) is 0 Å². The summed E-state index contributed by atoms with van der Waals surface area (Å²) >= 11 is 0. The molecular formula is C12H25N. The van der Waals surface area contributed by atoms with Gasteiger partial charge in [0, 0.05) is 11.9 Å². The van der Waals surface area contributed by atoms with Crippen molar-refractivity contribution >= 4 is 0 Å². The van der Waals surface area contributed by atoms with Crippen LogP contribution >= 0.6 is 0 Å². The Morgan fingerprint density at radius 2 is 1.54 bits per heavy atom. The van der Waals surface area contributed by atoms with Crippen molar-refractivity contribution in [2.75, 3.05) is 0 Å². The summed E-state index contributed by atoms with van der Waals surface area (Å²) in [7, 11) is 0. The first-order valence-corrected chi connectivity index (χ1v) is 5.39. The van der Waals surface area contributed by atoms with Crippen molar-refractivity contribution < 1.29 is 0 Å². The number of hydrogen-bond acceptors (Lipinski definition) is 0. The van der Waals surface area contributed by atoms with Crippen molar-refractivity contribution in [3.05, 3.63) is 23.0 Å². The smallest absolute Gasteiger partial charge is 0.0150 e. The minimum atomic E-state index is 1.14. The number of hydrogen-bond donors (Lipinski definition) is 1. The largest absolute Gasteiger partial charge is 0.365 e. The number of H-pyrrole nitrogens is 1. The lowest BCUT2D eigenvalue weighted by atomic mass is 10.1. The lowest BCUT2D eigenvalue weighted by molar-refractivity contribution is 1.08. The van der Waals surface area contributed by atoms with E-state index < -0.39 is 0 Å². The van der Waals surface area contributed by atoms with Gasteiger partial charge in [-0.3, -0.25) is 0 Å². The van der Waals surface area contributed by atoms with E-state index in [-0.39, 0.29) is 0 Å². The normalized spacial score (nSPS) is 7.92. The number of aryl methyl sites for hydroxylation is 2. The van der Waals surface area contributed by atoms with E-state index in [4.69, 9.17) is 0 Å². The summed E-state index contributed by atoms with van der Waals surface area (Å²) in [6.07, 6.45) is 3.20. The second-order valence-corrected chi connectivity index (χ2v) is 2.43. The predicted octanol–water partition coefficient (Wildman–Crippen LogP) is 4.25. The van der Waals surface area contributed by atoms with Gasteiger partial charge in [0.15, 0.2) is 0 Å². The lowest BCUT2D eigenvalue weighted by Gasteiger charge is -1.93. The van der Waals surface area contributed by atoms with Gasteiger partial charge in [-0.15, -0.1) is 0 Å². The van der Waals surface area contributed by atoms with Crippen LogP contribution in [-0.2, 0) is 6.42 Å². The number of nitrogens with one attached hydrogen (secondary N) is 1. The van der Waals surface area contributed by atoms with E-state index in [0.29, 0.717) is 0 Å². The van der Waals surface area contributed by atoms with Gasteiger partial charge >= 0.3 is 0 Å². The topological polar surface area (TPSA) is 15.8 Å². The summed E-state index contributed by atoms with van der Waals surface area (Å²) < 4.78 is 0. The minimum Gasteiger partial charge on any atom is -0.365 e. The number of aromatic amines is 1. The molecule has 78 valence electrons. The van der Waals surface area contributed by atoms with Crippen molar-refractivity contribution in [3.63, 3.8) is 0 Å². The molecule has 1 nitrogen and oxygen atoms in total. The Kier molecular flexibility index (Phi) is 10.7. The van der Waals surface area contributed by atoms with Crippen LogP contribution in [0.3, 0.4) is 0 Å². The van der Waals surface area contributed by atoms with Crippen molar-refractivity contribution in [1.29, 1.82) is 0 Å². The summed E-state index contributed by atoms with van der Waals surface area (Å²) in [5.41, 5.74) is 4.17. The van der Waals surface area contributed by atoms with Crippen LogP contribution in [0.25, 0.3) is 0 Å². The molecule has 0 saturated carbocycles. The average Bonchev–Trinajstić information content (AvgIpc) is 2.52. The minimum absolute atomic E-state index is 1.14. The molecule has 1 heteroatoms. The van der Waals surface area contributed by atoms with Gasteiger partial charge in [-0.2, -0.15) is 0 Å². The first-order valence-electron chi connectivity index (χ1n) is 5.39. The Morgan fingerprint density at radius 3 is 1.69 bits per heavy atom. The molecule has 0 unspecified atom stereocenters. The van der Waals surface area contributed by atoms with Gasteiger partial charge in [-0.25, -0.2) is 0 Å². The molecule has 0 aromatic carbocycles. The third-order valence-electron chi connectivity index (χ3n) is 1.79. The first kappa shape index (κ1) is 14.8. The highest BCUT2D eigenvalue weighted by atomic mass is 14.7. The molecule has 0 radical (unpaired) electrons. The van der Waals surface area contributed by atoms with Crippen LogP contribution < -0.4 is 0 Å². The quantitative estimate of drug-likeness (QED) is 0.670. The van der Waals surface area contributed by atoms with Crippen LogP contribution in [0.4, 0.5) is 0 Å². The van der Waals surface area contributed by atoms with E-state index in [9.17, 15) is 0 Å². The molecule has 1 aromatic heterocycles. The zero-order valence-electron chi connectivity index (χ0n) is 10.3. The molecule has 0 spiro atoms. The fourth-order valence-electron chi connectivity index (χ4n) is 1.23. The van der Waals surface area contributed by atoms with Gasteiger partial charge in [0.05, 0.1) is 0 Å². The van der Waals surface area contributed by atoms with E-state index in [1.165, 1.54) is 16.8 Å². The summed E-state index contributed by atoms with van der Waals surface area (Å²) in [6.45, 7) is 14.4. The highest BCUT2D eigenvalue weighted by Crippen LogP contribution is 2.11. The molecule has 1 aromatic rings. The van der Waals surface area contributed by atoms with Crippen LogP contribution in [0, 0.1) is 13.8 Å². The fraction of sp³-hybridized carbons (Fsp3) is 0.667. The molecule has 13 heavy (non-hydrogen) atoms. The molecule has 0 aliphatic carbocycles. The van der Waals surface area contributed by atoms with E-state index in [1.807, 2.05) is 27.7 Å². The van der Waals surface area contributed by atoms with Crippen LogP contribution in [0.2, 0.25) is 0 Å². The molecule has 0 atom stereocenters. The third-order valence-corrected chi connectivity index (χ3v) is 1.79. The van der Waals surface area contributed by atoms with Crippen LogP contribution in [0.5, 0.6) is 0 Å². The molecule has 0 saturated heterocycles. The highest BCUT2D eigenvalue weighted by Gasteiger charge is 1.98. The van der Waals surface area contributed by atoms with Gasteiger partial charge in [0.2, 0.25) is 0 Å². The Hall–Kier alpha value is -0.720. The molecule has 0 amide bonds. The standard InChI is InChI=1S/C8H13N.2C2H6/c1-4-8-6(2)5-9-7(8)3;2*1-2/h5,9H,4H2,1-3H3;2*1-2H3. The predicted molar refractivity (Wildman–Crippen MR) is 62.3 cm³/mol. The maximum absolute atomic E-state index is 3.19. The van der Waals surface area contributed by atoms with E-state index >= 15 is 0 Å². The van der Waals surface area contributed by atoms with Crippen LogP contribution in [-0.4, -0.2) is 4.98 Å². The monoisotopic (exact) mass is 183 g/mol. The SMILES string of the molecule is CC.CC.CCc1c(C)c[nH]c1C. The van der Waals surface area contributed by atoms with E-state index in [1.54, 1.807) is 0 Å². The van der Waals surface area contributed by atoms with Crippen molar-refractivity contribution in [2.24, 2.45) is 0 Å². The maximum Gasteiger partial charge on any atom is 0.0150 e. The van der Waals surface area contributed by atoms with Crippen molar-refractivity contribution in [1.82, 2.24) is 4.98 Å².